The van der Waals surface area contributed by atoms with Crippen LogP contribution in [0.15, 0.2) is 89.7 Å². The van der Waals surface area contributed by atoms with Crippen molar-refractivity contribution in [2.45, 2.75) is 0 Å². The van der Waals surface area contributed by atoms with Gasteiger partial charge in [0, 0.05) is 23.1 Å². The standard InChI is InChI=1S/C26H19N7O2/c1-35-18-11-7-10-17(14-18)33-22(34)15-21-23(32-33)26(31-30-21)29-25-19-12-5-6-13-20(19)27-24(28-25)16-8-3-2-4-9-16/h2-15,30H,1H3,(H,27,28,29,31). The summed E-state index contributed by atoms with van der Waals surface area (Å²) in [5.41, 5.74) is 3.00. The molecular weight excluding hydrogens is 442 g/mol. The molecule has 9 nitrogen and oxygen atoms in total. The van der Waals surface area contributed by atoms with Crippen LogP contribution in [-0.2, 0) is 0 Å². The van der Waals surface area contributed by atoms with Gasteiger partial charge < -0.3 is 10.1 Å². The Labute approximate surface area is 199 Å². The Morgan fingerprint density at radius 1 is 0.886 bits per heavy atom. The predicted molar refractivity (Wildman–Crippen MR) is 134 cm³/mol. The van der Waals surface area contributed by atoms with Gasteiger partial charge in [0.1, 0.15) is 11.6 Å². The van der Waals surface area contributed by atoms with Gasteiger partial charge in [0.25, 0.3) is 5.56 Å². The van der Waals surface area contributed by atoms with Crippen molar-refractivity contribution in [1.82, 2.24) is 29.9 Å². The van der Waals surface area contributed by atoms with Gasteiger partial charge in [-0.1, -0.05) is 48.5 Å². The zero-order chi connectivity index (χ0) is 23.8. The van der Waals surface area contributed by atoms with Crippen LogP contribution in [-0.4, -0.2) is 37.1 Å². The van der Waals surface area contributed by atoms with Crippen LogP contribution in [0, 0.1) is 0 Å². The van der Waals surface area contributed by atoms with E-state index in [-0.39, 0.29) is 5.56 Å². The highest BCUT2D eigenvalue weighted by atomic mass is 16.5. The molecule has 0 radical (unpaired) electrons. The minimum absolute atomic E-state index is 0.292. The molecule has 3 heterocycles. The summed E-state index contributed by atoms with van der Waals surface area (Å²) < 4.78 is 6.61. The van der Waals surface area contributed by atoms with Gasteiger partial charge >= 0.3 is 0 Å². The number of ether oxygens (including phenoxy) is 1. The van der Waals surface area contributed by atoms with Crippen molar-refractivity contribution in [3.63, 3.8) is 0 Å². The van der Waals surface area contributed by atoms with Crippen molar-refractivity contribution in [2.75, 3.05) is 12.4 Å². The fourth-order valence-electron chi connectivity index (χ4n) is 3.90. The van der Waals surface area contributed by atoms with E-state index in [4.69, 9.17) is 14.7 Å². The molecule has 170 valence electrons. The number of benzene rings is 3. The third-order valence-corrected chi connectivity index (χ3v) is 5.61. The number of nitrogens with zero attached hydrogens (tertiary/aromatic N) is 5. The van der Waals surface area contributed by atoms with Gasteiger partial charge in [-0.3, -0.25) is 9.89 Å². The Kier molecular flexibility index (Phi) is 4.92. The molecule has 0 spiro atoms. The van der Waals surface area contributed by atoms with E-state index in [1.807, 2.05) is 60.7 Å². The Hall–Kier alpha value is -5.05. The lowest BCUT2D eigenvalue weighted by Crippen LogP contribution is -2.20. The average molecular weight is 461 g/mol. The number of hydrogen-bond donors (Lipinski definition) is 2. The molecule has 3 aromatic carbocycles. The van der Waals surface area contributed by atoms with Crippen molar-refractivity contribution in [1.29, 1.82) is 0 Å². The van der Waals surface area contributed by atoms with Crippen molar-refractivity contribution in [3.05, 3.63) is 95.3 Å². The van der Waals surface area contributed by atoms with Gasteiger partial charge in [0.05, 0.1) is 23.8 Å². The van der Waals surface area contributed by atoms with Gasteiger partial charge in [-0.25, -0.2) is 9.97 Å². The summed E-state index contributed by atoms with van der Waals surface area (Å²) in [5, 5.41) is 16.0. The maximum atomic E-state index is 12.7. The molecule has 3 aromatic heterocycles. The number of hydrogen-bond acceptors (Lipinski definition) is 7. The Morgan fingerprint density at radius 2 is 1.71 bits per heavy atom. The number of H-pyrrole nitrogens is 1. The minimum atomic E-state index is -0.292. The molecule has 0 saturated heterocycles. The van der Waals surface area contributed by atoms with Gasteiger partial charge in [0.15, 0.2) is 17.2 Å². The molecule has 0 atom stereocenters. The molecule has 6 aromatic rings. The minimum Gasteiger partial charge on any atom is -0.497 e. The van der Waals surface area contributed by atoms with E-state index in [2.05, 4.69) is 20.6 Å². The van der Waals surface area contributed by atoms with Gasteiger partial charge in [-0.05, 0) is 24.3 Å². The second-order valence-corrected chi connectivity index (χ2v) is 7.83. The van der Waals surface area contributed by atoms with E-state index < -0.39 is 0 Å². The molecule has 0 aliphatic rings. The molecule has 35 heavy (non-hydrogen) atoms. The van der Waals surface area contributed by atoms with Crippen LogP contribution in [0.1, 0.15) is 0 Å². The number of para-hydroxylation sites is 1. The molecule has 6 rings (SSSR count). The monoisotopic (exact) mass is 461 g/mol. The number of fused-ring (bicyclic) bond motifs is 2. The summed E-state index contributed by atoms with van der Waals surface area (Å²) in [6.45, 7) is 0. The largest absolute Gasteiger partial charge is 0.497 e. The first-order valence-electron chi connectivity index (χ1n) is 10.9. The lowest BCUT2D eigenvalue weighted by Gasteiger charge is -2.10. The number of rotatable bonds is 5. The summed E-state index contributed by atoms with van der Waals surface area (Å²) in [4.78, 5) is 22.3. The number of aromatic amines is 1. The summed E-state index contributed by atoms with van der Waals surface area (Å²) in [6.07, 6.45) is 0. The zero-order valence-electron chi connectivity index (χ0n) is 18.6. The Morgan fingerprint density at radius 3 is 2.57 bits per heavy atom. The maximum Gasteiger partial charge on any atom is 0.273 e. The molecule has 9 heteroatoms. The molecule has 0 unspecified atom stereocenters. The van der Waals surface area contributed by atoms with Gasteiger partial charge in [-0.2, -0.15) is 14.9 Å². The normalized spacial score (nSPS) is 11.1. The molecular formula is C26H19N7O2. The smallest absolute Gasteiger partial charge is 0.273 e. The molecule has 0 bridgehead atoms. The molecule has 0 fully saturated rings. The zero-order valence-corrected chi connectivity index (χ0v) is 18.6. The van der Waals surface area contributed by atoms with Gasteiger partial charge in [-0.15, -0.1) is 0 Å². The van der Waals surface area contributed by atoms with Crippen LogP contribution in [0.2, 0.25) is 0 Å². The third kappa shape index (κ3) is 3.74. The predicted octanol–water partition coefficient (Wildman–Crippen LogP) is 4.47. The number of methoxy groups -OCH3 is 1. The quantitative estimate of drug-likeness (QED) is 0.390. The summed E-state index contributed by atoms with van der Waals surface area (Å²) in [5.74, 6) is 2.25. The summed E-state index contributed by atoms with van der Waals surface area (Å²) >= 11 is 0. The highest BCUT2D eigenvalue weighted by Crippen LogP contribution is 2.28. The van der Waals surface area contributed by atoms with Crippen LogP contribution >= 0.6 is 0 Å². The highest BCUT2D eigenvalue weighted by Gasteiger charge is 2.15. The first kappa shape index (κ1) is 20.5. The first-order valence-corrected chi connectivity index (χ1v) is 10.9. The van der Waals surface area contributed by atoms with E-state index in [9.17, 15) is 4.79 Å². The lowest BCUT2D eigenvalue weighted by molar-refractivity contribution is 0.414. The van der Waals surface area contributed by atoms with Crippen molar-refractivity contribution in [2.24, 2.45) is 0 Å². The molecule has 0 aliphatic carbocycles. The number of aromatic nitrogens is 6. The van der Waals surface area contributed by atoms with Crippen molar-refractivity contribution >= 4 is 33.6 Å². The molecule has 2 N–H and O–H groups in total. The SMILES string of the molecule is COc1cccc(-n2nc3c(Nc4nc(-c5ccccc5)nc5ccccc45)n[nH]c3cc2=O)c1. The topological polar surface area (TPSA) is 111 Å². The van der Waals surface area contributed by atoms with E-state index in [0.29, 0.717) is 39.9 Å². The van der Waals surface area contributed by atoms with Crippen LogP contribution in [0.4, 0.5) is 11.6 Å². The second kappa shape index (κ2) is 8.38. The second-order valence-electron chi connectivity index (χ2n) is 7.83. The maximum absolute atomic E-state index is 12.7. The van der Waals surface area contributed by atoms with E-state index in [0.717, 1.165) is 16.5 Å². The fraction of sp³-hybridized carbons (Fsp3) is 0.0385. The Balaban J connectivity index is 1.48. The van der Waals surface area contributed by atoms with Crippen molar-refractivity contribution in [3.8, 4) is 22.8 Å². The summed E-state index contributed by atoms with van der Waals surface area (Å²) in [6, 6.07) is 26.1. The lowest BCUT2D eigenvalue weighted by atomic mass is 10.2. The number of anilines is 2. The highest BCUT2D eigenvalue weighted by molar-refractivity contribution is 5.95. The Bertz CT molecular complexity index is 1740. The number of nitrogens with one attached hydrogen (secondary N) is 2. The van der Waals surface area contributed by atoms with Crippen LogP contribution in [0.25, 0.3) is 39.0 Å². The van der Waals surface area contributed by atoms with E-state index >= 15 is 0 Å². The van der Waals surface area contributed by atoms with E-state index in [1.54, 1.807) is 25.3 Å². The van der Waals surface area contributed by atoms with Crippen molar-refractivity contribution < 1.29 is 4.74 Å². The third-order valence-electron chi connectivity index (χ3n) is 5.61. The van der Waals surface area contributed by atoms with E-state index in [1.165, 1.54) is 10.7 Å². The molecule has 0 amide bonds. The average Bonchev–Trinajstić information content (AvgIpc) is 3.29. The molecule has 0 aliphatic heterocycles. The fourth-order valence-corrected chi connectivity index (χ4v) is 3.90. The first-order chi connectivity index (χ1) is 17.2. The summed E-state index contributed by atoms with van der Waals surface area (Å²) in [7, 11) is 1.58. The molecule has 0 saturated carbocycles. The van der Waals surface area contributed by atoms with Crippen LogP contribution in [0.5, 0.6) is 5.75 Å². The van der Waals surface area contributed by atoms with Crippen LogP contribution < -0.4 is 15.6 Å². The van der Waals surface area contributed by atoms with Gasteiger partial charge in [0.2, 0.25) is 0 Å². The van der Waals surface area contributed by atoms with Crippen LogP contribution in [0.3, 0.4) is 0 Å².